The Labute approximate surface area is 114 Å². The second-order valence-corrected chi connectivity index (χ2v) is 4.56. The first-order chi connectivity index (χ1) is 9.74. The van der Waals surface area contributed by atoms with Crippen LogP contribution in [0, 0.1) is 0 Å². The lowest BCUT2D eigenvalue weighted by Crippen LogP contribution is -2.55. The summed E-state index contributed by atoms with van der Waals surface area (Å²) in [5, 5.41) is 10.4. The number of piperazine rings is 1. The number of nitrogens with one attached hydrogen (secondary N) is 3. The molecule has 5 N–H and O–H groups in total. The maximum atomic E-state index is 12.0. The topological polar surface area (TPSA) is 125 Å². The van der Waals surface area contributed by atoms with Crippen LogP contribution in [-0.2, 0) is 4.79 Å². The monoisotopic (exact) mass is 276 g/mol. The van der Waals surface area contributed by atoms with Gasteiger partial charge in [0.25, 0.3) is 0 Å². The highest BCUT2D eigenvalue weighted by atomic mass is 16.2. The average molecular weight is 276 g/mol. The van der Waals surface area contributed by atoms with Crippen molar-refractivity contribution in [2.45, 2.75) is 19.4 Å². The SMILES string of the molecule is CCC1C(=O)NCCN1c1nc(NN)nc2[nH]ncc12. The van der Waals surface area contributed by atoms with Crippen LogP contribution in [0.1, 0.15) is 13.3 Å². The van der Waals surface area contributed by atoms with E-state index in [9.17, 15) is 4.79 Å². The Balaban J connectivity index is 2.11. The summed E-state index contributed by atoms with van der Waals surface area (Å²) < 4.78 is 0. The van der Waals surface area contributed by atoms with E-state index in [-0.39, 0.29) is 17.9 Å². The van der Waals surface area contributed by atoms with Crippen molar-refractivity contribution in [2.75, 3.05) is 23.4 Å². The van der Waals surface area contributed by atoms with Crippen LogP contribution in [-0.4, -0.2) is 45.2 Å². The second-order valence-electron chi connectivity index (χ2n) is 4.56. The van der Waals surface area contributed by atoms with Crippen LogP contribution >= 0.6 is 0 Å². The van der Waals surface area contributed by atoms with Crippen molar-refractivity contribution in [3.63, 3.8) is 0 Å². The standard InChI is InChI=1S/C11H16N8O/c1-2-7-10(20)13-3-4-19(7)9-6-5-14-18-8(6)15-11(16-9)17-12/h5,7H,2-4,12H2,1H3,(H,13,20)(H2,14,15,16,17,18). The molecule has 1 aliphatic rings. The molecule has 3 rings (SSSR count). The number of nitrogens with two attached hydrogens (primary N) is 1. The molecule has 106 valence electrons. The van der Waals surface area contributed by atoms with E-state index < -0.39 is 0 Å². The summed E-state index contributed by atoms with van der Waals surface area (Å²) in [6, 6.07) is -0.248. The quantitative estimate of drug-likeness (QED) is 0.434. The fraction of sp³-hybridized carbons (Fsp3) is 0.455. The third kappa shape index (κ3) is 1.92. The summed E-state index contributed by atoms with van der Waals surface area (Å²) in [7, 11) is 0. The number of amides is 1. The molecule has 0 bridgehead atoms. The molecule has 1 unspecified atom stereocenters. The van der Waals surface area contributed by atoms with E-state index in [4.69, 9.17) is 5.84 Å². The zero-order valence-electron chi connectivity index (χ0n) is 11.1. The zero-order valence-corrected chi connectivity index (χ0v) is 11.1. The van der Waals surface area contributed by atoms with E-state index in [1.54, 1.807) is 6.20 Å². The lowest BCUT2D eigenvalue weighted by atomic mass is 10.1. The summed E-state index contributed by atoms with van der Waals surface area (Å²) in [6.45, 7) is 3.24. The van der Waals surface area contributed by atoms with Crippen LogP contribution in [0.5, 0.6) is 0 Å². The number of aromatic amines is 1. The molecule has 20 heavy (non-hydrogen) atoms. The number of nitrogens with zero attached hydrogens (tertiary/aromatic N) is 4. The second kappa shape index (κ2) is 4.93. The van der Waals surface area contributed by atoms with Gasteiger partial charge < -0.3 is 10.2 Å². The fourth-order valence-corrected chi connectivity index (χ4v) is 2.48. The number of hydrogen-bond donors (Lipinski definition) is 4. The molecule has 1 fully saturated rings. The van der Waals surface area contributed by atoms with Crippen molar-refractivity contribution in [2.24, 2.45) is 5.84 Å². The molecule has 2 aromatic rings. The molecule has 1 aliphatic heterocycles. The summed E-state index contributed by atoms with van der Waals surface area (Å²) >= 11 is 0. The van der Waals surface area contributed by atoms with E-state index in [0.717, 1.165) is 5.39 Å². The van der Waals surface area contributed by atoms with E-state index in [0.29, 0.717) is 31.0 Å². The Morgan fingerprint density at radius 1 is 1.55 bits per heavy atom. The van der Waals surface area contributed by atoms with Crippen molar-refractivity contribution < 1.29 is 4.79 Å². The first kappa shape index (κ1) is 12.6. The number of hydrazine groups is 1. The number of carbonyl (C=O) groups is 1. The maximum Gasteiger partial charge on any atom is 0.242 e. The van der Waals surface area contributed by atoms with Gasteiger partial charge in [-0.3, -0.25) is 15.3 Å². The molecule has 0 aromatic carbocycles. The fourth-order valence-electron chi connectivity index (χ4n) is 2.48. The first-order valence-electron chi connectivity index (χ1n) is 6.46. The van der Waals surface area contributed by atoms with Gasteiger partial charge in [0.05, 0.1) is 11.6 Å². The van der Waals surface area contributed by atoms with Crippen LogP contribution in [0.15, 0.2) is 6.20 Å². The minimum Gasteiger partial charge on any atom is -0.353 e. The van der Waals surface area contributed by atoms with Crippen molar-refractivity contribution in [1.82, 2.24) is 25.5 Å². The van der Waals surface area contributed by atoms with Gasteiger partial charge in [-0.2, -0.15) is 15.1 Å². The van der Waals surface area contributed by atoms with E-state index in [2.05, 4.69) is 30.9 Å². The van der Waals surface area contributed by atoms with Crippen LogP contribution in [0.3, 0.4) is 0 Å². The molecule has 0 radical (unpaired) electrons. The van der Waals surface area contributed by atoms with Gasteiger partial charge in [0.2, 0.25) is 11.9 Å². The summed E-state index contributed by atoms with van der Waals surface area (Å²) in [5.41, 5.74) is 3.02. The third-order valence-corrected chi connectivity index (χ3v) is 3.41. The molecule has 1 saturated heterocycles. The molecule has 0 saturated carbocycles. The van der Waals surface area contributed by atoms with Crippen molar-refractivity contribution in [3.05, 3.63) is 6.20 Å². The lowest BCUT2D eigenvalue weighted by Gasteiger charge is -2.35. The predicted octanol–water partition coefficient (Wildman–Crippen LogP) is -0.647. The Kier molecular flexibility index (Phi) is 3.11. The molecule has 1 amide bonds. The third-order valence-electron chi connectivity index (χ3n) is 3.41. The van der Waals surface area contributed by atoms with Gasteiger partial charge in [0.1, 0.15) is 11.9 Å². The van der Waals surface area contributed by atoms with Gasteiger partial charge in [-0.25, -0.2) is 5.84 Å². The largest absolute Gasteiger partial charge is 0.353 e. The lowest BCUT2D eigenvalue weighted by molar-refractivity contribution is -0.123. The van der Waals surface area contributed by atoms with Gasteiger partial charge in [0.15, 0.2) is 5.65 Å². The number of aromatic nitrogens is 4. The molecular formula is C11H16N8O. The number of rotatable bonds is 3. The van der Waals surface area contributed by atoms with Crippen LogP contribution in [0.4, 0.5) is 11.8 Å². The molecule has 3 heterocycles. The Bertz CT molecular complexity index is 638. The van der Waals surface area contributed by atoms with Crippen molar-refractivity contribution in [1.29, 1.82) is 0 Å². The van der Waals surface area contributed by atoms with E-state index >= 15 is 0 Å². The van der Waals surface area contributed by atoms with Crippen molar-refractivity contribution in [3.8, 4) is 0 Å². The number of carbonyl (C=O) groups excluding carboxylic acids is 1. The minimum atomic E-state index is -0.248. The highest BCUT2D eigenvalue weighted by molar-refractivity contribution is 5.92. The highest BCUT2D eigenvalue weighted by Gasteiger charge is 2.30. The number of anilines is 2. The normalized spacial score (nSPS) is 19.2. The summed E-state index contributed by atoms with van der Waals surface area (Å²) in [6.07, 6.45) is 2.35. The molecule has 9 nitrogen and oxygen atoms in total. The van der Waals surface area contributed by atoms with Gasteiger partial charge in [-0.05, 0) is 6.42 Å². The summed E-state index contributed by atoms with van der Waals surface area (Å²) in [4.78, 5) is 22.5. The molecular weight excluding hydrogens is 260 g/mol. The minimum absolute atomic E-state index is 0.0104. The first-order valence-corrected chi connectivity index (χ1v) is 6.46. The van der Waals surface area contributed by atoms with Crippen LogP contribution in [0.25, 0.3) is 11.0 Å². The molecule has 0 aliphatic carbocycles. The Morgan fingerprint density at radius 3 is 3.15 bits per heavy atom. The van der Waals surface area contributed by atoms with Gasteiger partial charge in [0, 0.05) is 13.1 Å². The average Bonchev–Trinajstić information content (AvgIpc) is 2.94. The molecule has 0 spiro atoms. The van der Waals surface area contributed by atoms with Crippen LogP contribution < -0.4 is 21.5 Å². The van der Waals surface area contributed by atoms with Gasteiger partial charge in [-0.1, -0.05) is 6.92 Å². The number of H-pyrrole nitrogens is 1. The maximum absolute atomic E-state index is 12.0. The van der Waals surface area contributed by atoms with Gasteiger partial charge >= 0.3 is 0 Å². The van der Waals surface area contributed by atoms with E-state index in [1.807, 2.05) is 11.8 Å². The zero-order chi connectivity index (χ0) is 14.1. The smallest absolute Gasteiger partial charge is 0.242 e. The van der Waals surface area contributed by atoms with Crippen molar-refractivity contribution >= 4 is 28.7 Å². The number of fused-ring (bicyclic) bond motifs is 1. The van der Waals surface area contributed by atoms with Crippen LogP contribution in [0.2, 0.25) is 0 Å². The number of hydrogen-bond acceptors (Lipinski definition) is 7. The summed E-state index contributed by atoms with van der Waals surface area (Å²) in [5.74, 6) is 6.36. The Hall–Kier alpha value is -2.42. The predicted molar refractivity (Wildman–Crippen MR) is 73.9 cm³/mol. The van der Waals surface area contributed by atoms with Gasteiger partial charge in [-0.15, -0.1) is 0 Å². The molecule has 9 heteroatoms. The highest BCUT2D eigenvalue weighted by Crippen LogP contribution is 2.26. The molecule has 1 atom stereocenters. The molecule has 2 aromatic heterocycles. The Morgan fingerprint density at radius 2 is 2.40 bits per heavy atom. The van der Waals surface area contributed by atoms with E-state index in [1.165, 1.54) is 0 Å². The number of nitrogen functional groups attached to an aromatic ring is 1.